The maximum absolute atomic E-state index is 11.8. The number of esters is 1. The summed E-state index contributed by atoms with van der Waals surface area (Å²) in [4.78, 5) is 21.1. The lowest BCUT2D eigenvalue weighted by Crippen LogP contribution is -2.23. The molecule has 0 saturated heterocycles. The fraction of sp³-hybridized carbons (Fsp3) is 0.833. The van der Waals surface area contributed by atoms with E-state index in [-0.39, 0.29) is 18.8 Å². The SMILES string of the molecule is C=C(C)C(=O)OC(CC)COP(=O)(O)OCCCCCCCCCC. The number of ether oxygens (including phenoxy) is 1. The third-order valence-electron chi connectivity index (χ3n) is 3.75. The number of hydrogen-bond donors (Lipinski definition) is 1. The molecule has 0 rings (SSSR count). The van der Waals surface area contributed by atoms with E-state index in [4.69, 9.17) is 13.8 Å². The molecule has 0 aromatic carbocycles. The van der Waals surface area contributed by atoms with E-state index in [0.717, 1.165) is 19.3 Å². The van der Waals surface area contributed by atoms with Gasteiger partial charge in [-0.25, -0.2) is 9.36 Å². The Hall–Kier alpha value is -0.680. The Morgan fingerprint density at radius 2 is 1.60 bits per heavy atom. The molecule has 6 nitrogen and oxygen atoms in total. The second-order valence-electron chi connectivity index (χ2n) is 6.29. The highest BCUT2D eigenvalue weighted by Gasteiger charge is 2.24. The number of carbonyl (C=O) groups excluding carboxylic acids is 1. The van der Waals surface area contributed by atoms with Crippen molar-refractivity contribution in [1.82, 2.24) is 0 Å². The van der Waals surface area contributed by atoms with Gasteiger partial charge in [-0.2, -0.15) is 0 Å². The van der Waals surface area contributed by atoms with E-state index in [2.05, 4.69) is 13.5 Å². The summed E-state index contributed by atoms with van der Waals surface area (Å²) in [6.45, 7) is 9.03. The van der Waals surface area contributed by atoms with Crippen LogP contribution in [0.25, 0.3) is 0 Å². The van der Waals surface area contributed by atoms with Gasteiger partial charge >= 0.3 is 13.8 Å². The van der Waals surface area contributed by atoms with Crippen LogP contribution >= 0.6 is 7.82 Å². The van der Waals surface area contributed by atoms with Gasteiger partial charge in [-0.05, 0) is 19.8 Å². The van der Waals surface area contributed by atoms with E-state index in [1.165, 1.54) is 32.1 Å². The van der Waals surface area contributed by atoms with Crippen LogP contribution in [0.2, 0.25) is 0 Å². The first kappa shape index (κ1) is 24.3. The number of unbranched alkanes of at least 4 members (excludes halogenated alkanes) is 7. The zero-order valence-corrected chi connectivity index (χ0v) is 16.9. The minimum atomic E-state index is -4.11. The van der Waals surface area contributed by atoms with Crippen LogP contribution in [0, 0.1) is 0 Å². The molecule has 0 spiro atoms. The Morgan fingerprint density at radius 3 is 2.12 bits per heavy atom. The molecule has 0 aliphatic rings. The van der Waals surface area contributed by atoms with Crippen molar-refractivity contribution in [3.05, 3.63) is 12.2 Å². The highest BCUT2D eigenvalue weighted by molar-refractivity contribution is 7.47. The molecule has 1 N–H and O–H groups in total. The normalized spacial score (nSPS) is 14.7. The van der Waals surface area contributed by atoms with Crippen molar-refractivity contribution >= 4 is 13.8 Å². The van der Waals surface area contributed by atoms with Crippen LogP contribution in [-0.2, 0) is 23.1 Å². The topological polar surface area (TPSA) is 82.1 Å². The van der Waals surface area contributed by atoms with Gasteiger partial charge in [0.1, 0.15) is 6.10 Å². The smallest absolute Gasteiger partial charge is 0.457 e. The summed E-state index contributed by atoms with van der Waals surface area (Å²) in [6.07, 6.45) is 8.92. The van der Waals surface area contributed by atoms with Crippen LogP contribution in [0.15, 0.2) is 12.2 Å². The average Bonchev–Trinajstić information content (AvgIpc) is 2.56. The maximum atomic E-state index is 11.8. The summed E-state index contributed by atoms with van der Waals surface area (Å²) < 4.78 is 26.8. The van der Waals surface area contributed by atoms with Crippen LogP contribution in [0.1, 0.15) is 78.6 Å². The minimum Gasteiger partial charge on any atom is -0.457 e. The Kier molecular flexibility index (Phi) is 14.1. The molecule has 0 amide bonds. The van der Waals surface area contributed by atoms with Crippen LogP contribution in [0.5, 0.6) is 0 Å². The third kappa shape index (κ3) is 14.2. The van der Waals surface area contributed by atoms with Crippen molar-refractivity contribution in [3.8, 4) is 0 Å². The third-order valence-corrected chi connectivity index (χ3v) is 4.74. The summed E-state index contributed by atoms with van der Waals surface area (Å²) in [5, 5.41) is 0. The lowest BCUT2D eigenvalue weighted by molar-refractivity contribution is -0.146. The minimum absolute atomic E-state index is 0.180. The largest absolute Gasteiger partial charge is 0.472 e. The number of hydrogen-bond acceptors (Lipinski definition) is 5. The molecule has 0 fully saturated rings. The van der Waals surface area contributed by atoms with Crippen LogP contribution < -0.4 is 0 Å². The van der Waals surface area contributed by atoms with E-state index in [1.54, 1.807) is 13.8 Å². The molecule has 0 aromatic heterocycles. The Balaban J connectivity index is 3.83. The monoisotopic (exact) mass is 378 g/mol. The number of phosphoric acid groups is 1. The molecule has 7 heteroatoms. The van der Waals surface area contributed by atoms with E-state index in [0.29, 0.717) is 6.42 Å². The average molecular weight is 378 g/mol. The summed E-state index contributed by atoms with van der Waals surface area (Å²) in [7, 11) is -4.11. The molecule has 25 heavy (non-hydrogen) atoms. The molecule has 2 unspecified atom stereocenters. The van der Waals surface area contributed by atoms with Crippen LogP contribution in [0.4, 0.5) is 0 Å². The van der Waals surface area contributed by atoms with E-state index < -0.39 is 19.9 Å². The van der Waals surface area contributed by atoms with Gasteiger partial charge < -0.3 is 9.63 Å². The molecule has 0 aliphatic heterocycles. The fourth-order valence-electron chi connectivity index (χ4n) is 2.12. The fourth-order valence-corrected chi connectivity index (χ4v) is 2.91. The Morgan fingerprint density at radius 1 is 1.04 bits per heavy atom. The molecule has 0 saturated carbocycles. The Bertz CT molecular complexity index is 424. The lowest BCUT2D eigenvalue weighted by Gasteiger charge is -2.18. The molecule has 2 atom stereocenters. The van der Waals surface area contributed by atoms with Crippen molar-refractivity contribution in [2.75, 3.05) is 13.2 Å². The predicted octanol–water partition coefficient (Wildman–Crippen LogP) is 5.16. The van der Waals surface area contributed by atoms with Crippen molar-refractivity contribution in [2.24, 2.45) is 0 Å². The van der Waals surface area contributed by atoms with Gasteiger partial charge in [-0.15, -0.1) is 0 Å². The molecule has 0 bridgehead atoms. The zero-order chi connectivity index (χ0) is 19.1. The zero-order valence-electron chi connectivity index (χ0n) is 16.0. The van der Waals surface area contributed by atoms with Crippen molar-refractivity contribution in [1.29, 1.82) is 0 Å². The Labute approximate surface area is 152 Å². The van der Waals surface area contributed by atoms with Gasteiger partial charge in [-0.1, -0.05) is 65.4 Å². The predicted molar refractivity (Wildman–Crippen MR) is 99.3 cm³/mol. The van der Waals surface area contributed by atoms with E-state index in [1.807, 2.05) is 0 Å². The first-order valence-corrected chi connectivity index (χ1v) is 10.8. The van der Waals surface area contributed by atoms with Crippen LogP contribution in [0.3, 0.4) is 0 Å². The summed E-state index contributed by atoms with van der Waals surface area (Å²) in [5.41, 5.74) is 0.275. The second kappa shape index (κ2) is 14.5. The number of carbonyl (C=O) groups is 1. The quantitative estimate of drug-likeness (QED) is 0.173. The summed E-state index contributed by atoms with van der Waals surface area (Å²) >= 11 is 0. The molecular formula is C18H35O6P. The molecular weight excluding hydrogens is 343 g/mol. The van der Waals surface area contributed by atoms with Crippen LogP contribution in [-0.4, -0.2) is 30.2 Å². The van der Waals surface area contributed by atoms with Gasteiger partial charge in [0.2, 0.25) is 0 Å². The highest BCUT2D eigenvalue weighted by atomic mass is 31.2. The van der Waals surface area contributed by atoms with Gasteiger partial charge in [0.25, 0.3) is 0 Å². The van der Waals surface area contributed by atoms with Gasteiger partial charge in [0.05, 0.1) is 13.2 Å². The van der Waals surface area contributed by atoms with E-state index >= 15 is 0 Å². The van der Waals surface area contributed by atoms with Gasteiger partial charge in [0, 0.05) is 5.57 Å². The first-order valence-electron chi connectivity index (χ1n) is 9.30. The second-order valence-corrected chi connectivity index (χ2v) is 7.74. The molecule has 148 valence electrons. The molecule has 0 radical (unpaired) electrons. The standard InChI is InChI=1S/C18H35O6P/c1-5-7-8-9-10-11-12-13-14-22-25(20,21)23-15-17(6-2)24-18(19)16(3)4/h17H,3,5-15H2,1-2,4H3,(H,20,21). The first-order chi connectivity index (χ1) is 11.8. The molecule has 0 aliphatic carbocycles. The lowest BCUT2D eigenvalue weighted by atomic mass is 10.1. The maximum Gasteiger partial charge on any atom is 0.472 e. The highest BCUT2D eigenvalue weighted by Crippen LogP contribution is 2.43. The number of phosphoric ester groups is 1. The van der Waals surface area contributed by atoms with Crippen molar-refractivity contribution in [2.45, 2.75) is 84.7 Å². The number of rotatable bonds is 16. The van der Waals surface area contributed by atoms with Crippen molar-refractivity contribution < 1.29 is 28.0 Å². The van der Waals surface area contributed by atoms with E-state index in [9.17, 15) is 14.3 Å². The molecule has 0 aromatic rings. The van der Waals surface area contributed by atoms with Crippen molar-refractivity contribution in [3.63, 3.8) is 0 Å². The summed E-state index contributed by atoms with van der Waals surface area (Å²) in [5.74, 6) is -0.539. The summed E-state index contributed by atoms with van der Waals surface area (Å²) in [6, 6.07) is 0. The van der Waals surface area contributed by atoms with Gasteiger partial charge in [-0.3, -0.25) is 9.05 Å². The molecule has 0 heterocycles. The van der Waals surface area contributed by atoms with Gasteiger partial charge in [0.15, 0.2) is 0 Å².